The molecular formula is C31H39N3O6S. The van der Waals surface area contributed by atoms with Crippen LogP contribution in [-0.2, 0) is 26.2 Å². The summed E-state index contributed by atoms with van der Waals surface area (Å²) in [5.41, 5.74) is 2.05. The third-order valence-corrected chi connectivity index (χ3v) is 8.34. The summed E-state index contributed by atoms with van der Waals surface area (Å²) in [5, 5.41) is 2.84. The van der Waals surface area contributed by atoms with Crippen LogP contribution in [0.3, 0.4) is 0 Å². The number of ether oxygens (including phenoxy) is 2. The van der Waals surface area contributed by atoms with Gasteiger partial charge in [-0.1, -0.05) is 36.8 Å². The lowest BCUT2D eigenvalue weighted by atomic mass is 10.1. The van der Waals surface area contributed by atoms with Crippen LogP contribution in [0.15, 0.2) is 77.7 Å². The molecule has 41 heavy (non-hydrogen) atoms. The molecule has 0 aliphatic carbocycles. The topological polar surface area (TPSA) is 105 Å². The van der Waals surface area contributed by atoms with Crippen molar-refractivity contribution in [3.05, 3.63) is 83.9 Å². The molecule has 0 heterocycles. The smallest absolute Gasteiger partial charge is 0.264 e. The van der Waals surface area contributed by atoms with Crippen LogP contribution in [0.2, 0.25) is 0 Å². The van der Waals surface area contributed by atoms with Crippen molar-refractivity contribution in [2.24, 2.45) is 0 Å². The molecule has 0 saturated heterocycles. The van der Waals surface area contributed by atoms with Crippen LogP contribution in [0.4, 0.5) is 5.69 Å². The van der Waals surface area contributed by atoms with Gasteiger partial charge in [0.15, 0.2) is 0 Å². The average Bonchev–Trinajstić information content (AvgIpc) is 2.98. The Labute approximate surface area is 243 Å². The lowest BCUT2D eigenvalue weighted by Crippen LogP contribution is -2.51. The van der Waals surface area contributed by atoms with E-state index in [-0.39, 0.29) is 17.3 Å². The van der Waals surface area contributed by atoms with Gasteiger partial charge in [0.25, 0.3) is 10.0 Å². The highest BCUT2D eigenvalue weighted by molar-refractivity contribution is 7.92. The largest absolute Gasteiger partial charge is 0.497 e. The third-order valence-electron chi connectivity index (χ3n) is 6.55. The summed E-state index contributed by atoms with van der Waals surface area (Å²) in [6, 6.07) is 19.3. The van der Waals surface area contributed by atoms with Gasteiger partial charge in [0, 0.05) is 13.1 Å². The van der Waals surface area contributed by atoms with Gasteiger partial charge < -0.3 is 19.7 Å². The van der Waals surface area contributed by atoms with E-state index in [0.29, 0.717) is 30.3 Å². The lowest BCUT2D eigenvalue weighted by Gasteiger charge is -2.32. The van der Waals surface area contributed by atoms with Crippen LogP contribution in [0.25, 0.3) is 0 Å². The molecule has 0 radical (unpaired) electrons. The van der Waals surface area contributed by atoms with E-state index in [1.807, 2.05) is 32.9 Å². The Balaban J connectivity index is 2.00. The second kappa shape index (κ2) is 14.5. The molecule has 9 nitrogen and oxygen atoms in total. The van der Waals surface area contributed by atoms with Gasteiger partial charge in [-0.15, -0.1) is 0 Å². The molecule has 3 aromatic carbocycles. The van der Waals surface area contributed by atoms with Crippen LogP contribution in [0.1, 0.15) is 38.3 Å². The summed E-state index contributed by atoms with van der Waals surface area (Å²) in [6.07, 6.45) is 0.742. The van der Waals surface area contributed by atoms with E-state index in [9.17, 15) is 18.0 Å². The number of rotatable bonds is 14. The third kappa shape index (κ3) is 8.23. The number of methoxy groups -OCH3 is 1. The number of anilines is 1. The Bertz CT molecular complexity index is 1390. The van der Waals surface area contributed by atoms with Crippen LogP contribution in [0, 0.1) is 6.92 Å². The van der Waals surface area contributed by atoms with Crippen LogP contribution in [-0.4, -0.2) is 58.0 Å². The fourth-order valence-electron chi connectivity index (χ4n) is 4.15. The molecule has 0 spiro atoms. The number of carbonyl (C=O) groups excluding carboxylic acids is 2. The number of sulfonamides is 1. The van der Waals surface area contributed by atoms with Gasteiger partial charge in [-0.2, -0.15) is 0 Å². The average molecular weight is 582 g/mol. The van der Waals surface area contributed by atoms with Crippen LogP contribution < -0.4 is 19.1 Å². The minimum atomic E-state index is -4.16. The van der Waals surface area contributed by atoms with Gasteiger partial charge in [-0.25, -0.2) is 8.42 Å². The maximum absolute atomic E-state index is 14.0. The van der Waals surface area contributed by atoms with Crippen LogP contribution >= 0.6 is 0 Å². The number of hydrogen-bond donors (Lipinski definition) is 1. The SMILES string of the molecule is CCCNC(=O)[C@@H](C)N(Cc1ccc(OC)cc1)C(=O)CN(c1ccc(C)cc1)S(=O)(=O)c1ccc(OCC)cc1. The molecule has 10 heteroatoms. The summed E-state index contributed by atoms with van der Waals surface area (Å²) in [7, 11) is -2.59. The summed E-state index contributed by atoms with van der Waals surface area (Å²) < 4.78 is 39.7. The molecule has 1 N–H and O–H groups in total. The van der Waals surface area contributed by atoms with E-state index in [4.69, 9.17) is 9.47 Å². The van der Waals surface area contributed by atoms with E-state index in [1.54, 1.807) is 62.6 Å². The molecule has 0 bridgehead atoms. The maximum atomic E-state index is 14.0. The Morgan fingerprint density at radius 1 is 0.902 bits per heavy atom. The van der Waals surface area contributed by atoms with Gasteiger partial charge in [-0.05, 0) is 81.3 Å². The highest BCUT2D eigenvalue weighted by Crippen LogP contribution is 2.26. The van der Waals surface area contributed by atoms with Gasteiger partial charge in [-0.3, -0.25) is 13.9 Å². The summed E-state index contributed by atoms with van der Waals surface area (Å²) in [4.78, 5) is 28.3. The van der Waals surface area contributed by atoms with E-state index >= 15 is 0 Å². The van der Waals surface area contributed by atoms with Crippen molar-refractivity contribution in [1.82, 2.24) is 10.2 Å². The second-order valence-corrected chi connectivity index (χ2v) is 11.5. The van der Waals surface area contributed by atoms with Gasteiger partial charge >= 0.3 is 0 Å². The van der Waals surface area contributed by atoms with Crippen molar-refractivity contribution in [1.29, 1.82) is 0 Å². The first-order chi connectivity index (χ1) is 19.6. The number of aryl methyl sites for hydroxylation is 1. The van der Waals surface area contributed by atoms with Crippen molar-refractivity contribution in [3.63, 3.8) is 0 Å². The Morgan fingerprint density at radius 3 is 2.07 bits per heavy atom. The molecule has 220 valence electrons. The number of amides is 2. The van der Waals surface area contributed by atoms with E-state index in [2.05, 4.69) is 5.32 Å². The Kier molecular flexibility index (Phi) is 11.2. The second-order valence-electron chi connectivity index (χ2n) is 9.59. The fourth-order valence-corrected chi connectivity index (χ4v) is 5.56. The molecule has 2 amide bonds. The zero-order valence-electron chi connectivity index (χ0n) is 24.3. The fraction of sp³-hybridized carbons (Fsp3) is 0.355. The van der Waals surface area contributed by atoms with Gasteiger partial charge in [0.05, 0.1) is 24.3 Å². The molecule has 3 rings (SSSR count). The van der Waals surface area contributed by atoms with Crippen molar-refractivity contribution < 1.29 is 27.5 Å². The van der Waals surface area contributed by atoms with Crippen LogP contribution in [0.5, 0.6) is 11.5 Å². The molecule has 3 aromatic rings. The first kappa shape index (κ1) is 31.5. The molecule has 0 aliphatic heterocycles. The molecule has 0 unspecified atom stereocenters. The summed E-state index contributed by atoms with van der Waals surface area (Å²) >= 11 is 0. The molecule has 0 saturated carbocycles. The zero-order valence-corrected chi connectivity index (χ0v) is 25.1. The van der Waals surface area contributed by atoms with Gasteiger partial charge in [0.1, 0.15) is 24.1 Å². The molecular weight excluding hydrogens is 542 g/mol. The zero-order chi connectivity index (χ0) is 30.0. The molecule has 0 aliphatic rings. The Hall–Kier alpha value is -4.05. The minimum Gasteiger partial charge on any atom is -0.497 e. The number of nitrogens with zero attached hydrogens (tertiary/aromatic N) is 2. The van der Waals surface area contributed by atoms with Crippen molar-refractivity contribution in [3.8, 4) is 11.5 Å². The van der Waals surface area contributed by atoms with Crippen molar-refractivity contribution in [2.75, 3.05) is 31.1 Å². The number of benzene rings is 3. The standard InChI is InChI=1S/C31H39N3O6S/c1-6-20-32-31(36)24(4)33(21-25-10-14-27(39-5)15-11-25)30(35)22-34(26-12-8-23(3)9-13-26)41(37,38)29-18-16-28(17-19-29)40-7-2/h8-19,24H,6-7,20-22H2,1-5H3,(H,32,36)/t24-/m1/s1. The number of nitrogens with one attached hydrogen (secondary N) is 1. The Morgan fingerprint density at radius 2 is 1.51 bits per heavy atom. The molecule has 0 fully saturated rings. The van der Waals surface area contributed by atoms with Crippen molar-refractivity contribution >= 4 is 27.5 Å². The predicted molar refractivity (Wildman–Crippen MR) is 160 cm³/mol. The van der Waals surface area contributed by atoms with Crippen molar-refractivity contribution in [2.45, 2.75) is 51.6 Å². The van der Waals surface area contributed by atoms with Gasteiger partial charge in [0.2, 0.25) is 11.8 Å². The molecule has 1 atom stereocenters. The number of carbonyl (C=O) groups is 2. The highest BCUT2D eigenvalue weighted by atomic mass is 32.2. The quantitative estimate of drug-likeness (QED) is 0.300. The minimum absolute atomic E-state index is 0.0183. The van der Waals surface area contributed by atoms with E-state index in [0.717, 1.165) is 21.9 Å². The summed E-state index contributed by atoms with van der Waals surface area (Å²) in [5.74, 6) is 0.370. The number of hydrogen-bond acceptors (Lipinski definition) is 6. The maximum Gasteiger partial charge on any atom is 0.264 e. The monoisotopic (exact) mass is 581 g/mol. The van der Waals surface area contributed by atoms with E-state index in [1.165, 1.54) is 17.0 Å². The van der Waals surface area contributed by atoms with E-state index < -0.39 is 28.5 Å². The summed E-state index contributed by atoms with van der Waals surface area (Å²) in [6.45, 7) is 7.85. The molecule has 0 aromatic heterocycles. The lowest BCUT2D eigenvalue weighted by molar-refractivity contribution is -0.139. The first-order valence-electron chi connectivity index (χ1n) is 13.6. The predicted octanol–water partition coefficient (Wildman–Crippen LogP) is 4.54. The normalized spacial score (nSPS) is 11.8. The highest BCUT2D eigenvalue weighted by Gasteiger charge is 2.32. The first-order valence-corrected chi connectivity index (χ1v) is 15.1.